The van der Waals surface area contributed by atoms with Crippen molar-refractivity contribution in [2.45, 2.75) is 99.8 Å². The van der Waals surface area contributed by atoms with Crippen molar-refractivity contribution in [3.63, 3.8) is 0 Å². The Morgan fingerprint density at radius 1 is 0.714 bits per heavy atom. The van der Waals surface area contributed by atoms with Gasteiger partial charge in [0, 0.05) is 5.41 Å². The minimum Gasteiger partial charge on any atom is -0.0837 e. The fourth-order valence-electron chi connectivity index (χ4n) is 4.13. The van der Waals surface area contributed by atoms with Crippen LogP contribution in [0.3, 0.4) is 0 Å². The summed E-state index contributed by atoms with van der Waals surface area (Å²) in [6.45, 7) is 23.9. The maximum absolute atomic E-state index is 2.32. The summed E-state index contributed by atoms with van der Waals surface area (Å²) in [7, 11) is 0. The lowest BCUT2D eigenvalue weighted by molar-refractivity contribution is 0.531. The molecule has 0 atom stereocenters. The van der Waals surface area contributed by atoms with E-state index in [9.17, 15) is 0 Å². The van der Waals surface area contributed by atoms with E-state index in [-0.39, 0.29) is 10.8 Å². The first-order valence-electron chi connectivity index (χ1n) is 13.5. The molecule has 0 saturated heterocycles. The number of aryl methyl sites for hydroxylation is 2. The third-order valence-corrected chi connectivity index (χ3v) is 6.49. The normalized spacial score (nSPS) is 12.5. The highest BCUT2D eigenvalue weighted by atomic mass is 14.3. The zero-order chi connectivity index (χ0) is 26.9. The molecule has 2 rings (SSSR count). The van der Waals surface area contributed by atoms with Crippen LogP contribution in [0.4, 0.5) is 0 Å². The van der Waals surface area contributed by atoms with Gasteiger partial charge in [-0.2, -0.15) is 0 Å². The Kier molecular flexibility index (Phi) is 15.7. The maximum Gasteiger partial charge on any atom is 0.0108 e. The SMILES string of the molecule is CC.CC.CCc1ccccc1C(C)(C)\C(C)=C/C=C/C=C/C=C/CC(C)(C)c1ccccc1C. The molecule has 0 heterocycles. The predicted molar refractivity (Wildman–Crippen MR) is 162 cm³/mol. The Hall–Kier alpha value is -2.60. The molecule has 0 saturated carbocycles. The summed E-state index contributed by atoms with van der Waals surface area (Å²) in [5, 5.41) is 0. The van der Waals surface area contributed by atoms with Crippen molar-refractivity contribution in [1.82, 2.24) is 0 Å². The molecule has 0 aliphatic rings. The molecular formula is C35H52. The van der Waals surface area contributed by atoms with Crippen LogP contribution in [0.1, 0.15) is 97.9 Å². The first-order valence-corrected chi connectivity index (χ1v) is 13.5. The fourth-order valence-corrected chi connectivity index (χ4v) is 4.13. The highest BCUT2D eigenvalue weighted by molar-refractivity contribution is 5.41. The van der Waals surface area contributed by atoms with E-state index in [4.69, 9.17) is 0 Å². The van der Waals surface area contributed by atoms with Gasteiger partial charge in [-0.15, -0.1) is 0 Å². The van der Waals surface area contributed by atoms with Crippen molar-refractivity contribution in [3.05, 3.63) is 119 Å². The third kappa shape index (κ3) is 10.3. The van der Waals surface area contributed by atoms with Gasteiger partial charge in [-0.1, -0.05) is 159 Å². The molecule has 35 heavy (non-hydrogen) atoms. The van der Waals surface area contributed by atoms with Gasteiger partial charge < -0.3 is 0 Å². The van der Waals surface area contributed by atoms with Crippen LogP contribution < -0.4 is 0 Å². The topological polar surface area (TPSA) is 0 Å². The van der Waals surface area contributed by atoms with E-state index in [0.717, 1.165) is 12.8 Å². The molecule has 0 heteroatoms. The zero-order valence-corrected chi connectivity index (χ0v) is 24.6. The molecule has 0 radical (unpaired) electrons. The van der Waals surface area contributed by atoms with Crippen LogP contribution >= 0.6 is 0 Å². The summed E-state index contributed by atoms with van der Waals surface area (Å²) in [5.41, 5.74) is 7.20. The first-order chi connectivity index (χ1) is 16.7. The Labute approximate surface area is 218 Å². The highest BCUT2D eigenvalue weighted by Crippen LogP contribution is 2.34. The molecule has 0 aliphatic heterocycles. The fraction of sp³-hybridized carbons (Fsp3) is 0.429. The van der Waals surface area contributed by atoms with E-state index >= 15 is 0 Å². The predicted octanol–water partition coefficient (Wildman–Crippen LogP) is 10.9. The Morgan fingerprint density at radius 3 is 1.83 bits per heavy atom. The molecule has 2 aromatic rings. The summed E-state index contributed by atoms with van der Waals surface area (Å²) < 4.78 is 0. The highest BCUT2D eigenvalue weighted by Gasteiger charge is 2.24. The first kappa shape index (κ1) is 32.4. The molecule has 0 nitrogen and oxygen atoms in total. The summed E-state index contributed by atoms with van der Waals surface area (Å²) in [4.78, 5) is 0. The molecule has 0 aromatic heterocycles. The smallest absolute Gasteiger partial charge is 0.0108 e. The maximum atomic E-state index is 2.32. The molecule has 0 fully saturated rings. The standard InChI is InChI=1S/C31H40.2C2H6/c1-8-27-21-15-17-23-29(27)31(6,7)26(3)20-13-11-9-10-12-18-24-30(4,5)28-22-16-14-19-25(28)2;2*1-2/h9-23H,8,24H2,1-7H3;2*1-2H3/b10-9+,13-11+,18-12+,26-20-;;. The van der Waals surface area contributed by atoms with E-state index in [1.54, 1.807) is 0 Å². The number of hydrogen-bond acceptors (Lipinski definition) is 0. The van der Waals surface area contributed by atoms with Crippen LogP contribution in [-0.2, 0) is 17.3 Å². The Balaban J connectivity index is 0.00000274. The monoisotopic (exact) mass is 472 g/mol. The van der Waals surface area contributed by atoms with Crippen molar-refractivity contribution < 1.29 is 0 Å². The molecule has 0 N–H and O–H groups in total. The number of benzene rings is 2. The lowest BCUT2D eigenvalue weighted by Gasteiger charge is -2.29. The van der Waals surface area contributed by atoms with E-state index in [2.05, 4.69) is 140 Å². The van der Waals surface area contributed by atoms with Gasteiger partial charge in [-0.3, -0.25) is 0 Å². The molecule has 0 spiro atoms. The average molecular weight is 473 g/mol. The summed E-state index contributed by atoms with van der Waals surface area (Å²) in [5.74, 6) is 0. The average Bonchev–Trinajstić information content (AvgIpc) is 2.87. The molecule has 192 valence electrons. The summed E-state index contributed by atoms with van der Waals surface area (Å²) >= 11 is 0. The number of allylic oxidation sites excluding steroid dienone is 8. The number of rotatable bonds is 9. The van der Waals surface area contributed by atoms with Crippen molar-refractivity contribution in [2.24, 2.45) is 0 Å². The van der Waals surface area contributed by atoms with E-state index in [1.807, 2.05) is 27.7 Å². The lowest BCUT2D eigenvalue weighted by atomic mass is 9.75. The minimum absolute atomic E-state index is 0.0295. The molecule has 0 bridgehead atoms. The summed E-state index contributed by atoms with van der Waals surface area (Å²) in [6, 6.07) is 17.5. The van der Waals surface area contributed by atoms with Gasteiger partial charge >= 0.3 is 0 Å². The molecule has 0 unspecified atom stereocenters. The number of hydrogen-bond donors (Lipinski definition) is 0. The third-order valence-electron chi connectivity index (χ3n) is 6.49. The Morgan fingerprint density at radius 2 is 1.23 bits per heavy atom. The van der Waals surface area contributed by atoms with E-state index in [1.165, 1.54) is 27.8 Å². The quantitative estimate of drug-likeness (QED) is 0.318. The van der Waals surface area contributed by atoms with Crippen LogP contribution in [-0.4, -0.2) is 0 Å². The Bertz CT molecular complexity index is 961. The van der Waals surface area contributed by atoms with Crippen LogP contribution in [0, 0.1) is 6.92 Å². The van der Waals surface area contributed by atoms with Gasteiger partial charge in [0.25, 0.3) is 0 Å². The molecular weight excluding hydrogens is 420 g/mol. The molecule has 0 aliphatic carbocycles. The van der Waals surface area contributed by atoms with Crippen LogP contribution in [0.15, 0.2) is 96.6 Å². The van der Waals surface area contributed by atoms with E-state index < -0.39 is 0 Å². The van der Waals surface area contributed by atoms with Crippen molar-refractivity contribution >= 4 is 0 Å². The van der Waals surface area contributed by atoms with Crippen LogP contribution in [0.2, 0.25) is 0 Å². The van der Waals surface area contributed by atoms with Gasteiger partial charge in [0.05, 0.1) is 0 Å². The second kappa shape index (κ2) is 16.9. The van der Waals surface area contributed by atoms with Crippen molar-refractivity contribution in [3.8, 4) is 0 Å². The minimum atomic E-state index is 0.0295. The summed E-state index contributed by atoms with van der Waals surface area (Å²) in [6.07, 6.45) is 17.2. The second-order valence-corrected chi connectivity index (χ2v) is 9.59. The van der Waals surface area contributed by atoms with Gasteiger partial charge in [0.2, 0.25) is 0 Å². The largest absolute Gasteiger partial charge is 0.0837 e. The van der Waals surface area contributed by atoms with Crippen molar-refractivity contribution in [2.75, 3.05) is 0 Å². The molecule has 2 aromatic carbocycles. The van der Waals surface area contributed by atoms with Gasteiger partial charge in [0.1, 0.15) is 0 Å². The second-order valence-electron chi connectivity index (χ2n) is 9.59. The van der Waals surface area contributed by atoms with Gasteiger partial charge in [-0.05, 0) is 54.4 Å². The van der Waals surface area contributed by atoms with Gasteiger partial charge in [0.15, 0.2) is 0 Å². The van der Waals surface area contributed by atoms with Crippen molar-refractivity contribution in [1.29, 1.82) is 0 Å². The van der Waals surface area contributed by atoms with Crippen LogP contribution in [0.25, 0.3) is 0 Å². The van der Waals surface area contributed by atoms with E-state index in [0.29, 0.717) is 0 Å². The lowest BCUT2D eigenvalue weighted by Crippen LogP contribution is -2.20. The zero-order valence-electron chi connectivity index (χ0n) is 24.6. The van der Waals surface area contributed by atoms with Crippen LogP contribution in [0.5, 0.6) is 0 Å². The van der Waals surface area contributed by atoms with Gasteiger partial charge in [-0.25, -0.2) is 0 Å². The molecule has 0 amide bonds.